The Morgan fingerprint density at radius 3 is 2.52 bits per heavy atom. The van der Waals surface area contributed by atoms with Crippen LogP contribution in [0.4, 0.5) is 4.79 Å². The van der Waals surface area contributed by atoms with Gasteiger partial charge in [-0.15, -0.1) is 0 Å². The van der Waals surface area contributed by atoms with Gasteiger partial charge in [0.15, 0.2) is 0 Å². The Hall–Kier alpha value is -4.37. The second-order valence-corrected chi connectivity index (χ2v) is 10.7. The molecule has 40 heavy (non-hydrogen) atoms. The van der Waals surface area contributed by atoms with Crippen LogP contribution in [0.2, 0.25) is 0 Å². The first-order valence-electron chi connectivity index (χ1n) is 13.4. The lowest BCUT2D eigenvalue weighted by atomic mass is 9.91. The quantitative estimate of drug-likeness (QED) is 0.294. The number of rotatable bonds is 10. The molecule has 208 valence electrons. The third-order valence-corrected chi connectivity index (χ3v) is 7.82. The molecule has 0 bridgehead atoms. The molecule has 4 amide bonds. The summed E-state index contributed by atoms with van der Waals surface area (Å²) in [6.45, 7) is 3.14. The number of likely N-dealkylation sites (N-methyl/N-ethyl adjacent to an activating group) is 2. The van der Waals surface area contributed by atoms with Gasteiger partial charge in [0.25, 0.3) is 11.8 Å². The number of amides is 4. The Kier molecular flexibility index (Phi) is 7.49. The zero-order chi connectivity index (χ0) is 28.4. The van der Waals surface area contributed by atoms with Crippen molar-refractivity contribution in [3.8, 4) is 0 Å². The molecule has 2 aromatic carbocycles. The molecule has 0 saturated carbocycles. The number of nitrogens with one attached hydrogen (secondary N) is 2. The molecule has 0 aliphatic carbocycles. The minimum Gasteiger partial charge on any atom is -0.467 e. The van der Waals surface area contributed by atoms with Gasteiger partial charge in [-0.05, 0) is 74.8 Å². The van der Waals surface area contributed by atoms with E-state index in [1.54, 1.807) is 26.3 Å². The van der Waals surface area contributed by atoms with E-state index in [0.29, 0.717) is 30.8 Å². The van der Waals surface area contributed by atoms with Crippen molar-refractivity contribution in [1.29, 1.82) is 0 Å². The highest BCUT2D eigenvalue weighted by Crippen LogP contribution is 2.36. The SMILES string of the molecule is CN(C)CCc1c(C(=O)NCc2ccco2)[nH]c2ccc(CCN3C(=O)N(C)C(C)(c4ccccc4)C3=O)cc12. The van der Waals surface area contributed by atoms with Crippen molar-refractivity contribution < 1.29 is 18.8 Å². The molecule has 2 N–H and O–H groups in total. The average molecular weight is 542 g/mol. The molecule has 9 nitrogen and oxygen atoms in total. The molecule has 1 aliphatic heterocycles. The van der Waals surface area contributed by atoms with Crippen LogP contribution in [-0.2, 0) is 29.7 Å². The molecule has 1 unspecified atom stereocenters. The number of carbonyl (C=O) groups excluding carboxylic acids is 3. The largest absolute Gasteiger partial charge is 0.467 e. The first-order chi connectivity index (χ1) is 19.2. The van der Waals surface area contributed by atoms with Crippen LogP contribution in [-0.4, -0.2) is 71.8 Å². The van der Waals surface area contributed by atoms with Gasteiger partial charge in [-0.1, -0.05) is 36.4 Å². The van der Waals surface area contributed by atoms with Crippen molar-refractivity contribution in [1.82, 2.24) is 25.0 Å². The number of hydrogen-bond donors (Lipinski definition) is 2. The number of hydrogen-bond acceptors (Lipinski definition) is 5. The summed E-state index contributed by atoms with van der Waals surface area (Å²) >= 11 is 0. The third kappa shape index (κ3) is 5.00. The van der Waals surface area contributed by atoms with Crippen molar-refractivity contribution in [3.63, 3.8) is 0 Å². The third-order valence-electron chi connectivity index (χ3n) is 7.82. The Morgan fingerprint density at radius 1 is 1.05 bits per heavy atom. The predicted octanol–water partition coefficient (Wildman–Crippen LogP) is 4.15. The second kappa shape index (κ2) is 11.0. The van der Waals surface area contributed by atoms with Crippen LogP contribution < -0.4 is 5.32 Å². The van der Waals surface area contributed by atoms with Gasteiger partial charge in [-0.25, -0.2) is 4.79 Å². The zero-order valence-corrected chi connectivity index (χ0v) is 23.4. The normalized spacial score (nSPS) is 17.4. The molecule has 0 radical (unpaired) electrons. The lowest BCUT2D eigenvalue weighted by Gasteiger charge is -2.28. The van der Waals surface area contributed by atoms with E-state index in [4.69, 9.17) is 4.42 Å². The molecule has 3 heterocycles. The summed E-state index contributed by atoms with van der Waals surface area (Å²) in [6.07, 6.45) is 2.77. The summed E-state index contributed by atoms with van der Waals surface area (Å²) in [6, 6.07) is 18.7. The highest BCUT2D eigenvalue weighted by molar-refractivity contribution is 6.07. The zero-order valence-electron chi connectivity index (χ0n) is 23.4. The van der Waals surface area contributed by atoms with Crippen molar-refractivity contribution in [2.45, 2.75) is 31.8 Å². The molecular formula is C31H35N5O4. The number of imide groups is 1. The number of nitrogens with zero attached hydrogens (tertiary/aromatic N) is 3. The molecule has 5 rings (SSSR count). The summed E-state index contributed by atoms with van der Waals surface area (Å²) in [5.74, 6) is 0.261. The molecule has 1 fully saturated rings. The maximum Gasteiger partial charge on any atom is 0.327 e. The molecule has 1 aliphatic rings. The topological polar surface area (TPSA) is 102 Å². The highest BCUT2D eigenvalue weighted by Gasteiger charge is 2.53. The fourth-order valence-corrected chi connectivity index (χ4v) is 5.29. The van der Waals surface area contributed by atoms with Gasteiger partial charge in [-0.3, -0.25) is 14.5 Å². The number of aromatic nitrogens is 1. The molecule has 4 aromatic rings. The molecule has 0 spiro atoms. The van der Waals surface area contributed by atoms with Crippen LogP contribution in [0.25, 0.3) is 10.9 Å². The van der Waals surface area contributed by atoms with E-state index in [2.05, 4.69) is 21.3 Å². The predicted molar refractivity (Wildman–Crippen MR) is 153 cm³/mol. The van der Waals surface area contributed by atoms with Crippen LogP contribution >= 0.6 is 0 Å². The van der Waals surface area contributed by atoms with Gasteiger partial charge in [0.05, 0.1) is 12.8 Å². The Bertz CT molecular complexity index is 1530. The fourth-order valence-electron chi connectivity index (χ4n) is 5.29. The first-order valence-corrected chi connectivity index (χ1v) is 13.4. The van der Waals surface area contributed by atoms with E-state index < -0.39 is 5.54 Å². The highest BCUT2D eigenvalue weighted by atomic mass is 16.3. The van der Waals surface area contributed by atoms with E-state index in [1.165, 1.54) is 9.80 Å². The monoisotopic (exact) mass is 541 g/mol. The van der Waals surface area contributed by atoms with Crippen molar-refractivity contribution in [2.75, 3.05) is 34.2 Å². The number of furan rings is 1. The number of fused-ring (bicyclic) bond motifs is 1. The van der Waals surface area contributed by atoms with E-state index >= 15 is 0 Å². The summed E-state index contributed by atoms with van der Waals surface area (Å²) < 4.78 is 5.35. The van der Waals surface area contributed by atoms with Crippen LogP contribution in [0.1, 0.15) is 39.9 Å². The standard InChI is InChI=1S/C31H35N5O4/c1-31(22-9-6-5-7-10-22)29(38)36(30(39)35(31)4)17-14-21-12-13-26-25(19-21)24(15-16-34(2)3)27(33-26)28(37)32-20-23-11-8-18-40-23/h5-13,18-19,33H,14-17,20H2,1-4H3,(H,32,37). The summed E-state index contributed by atoms with van der Waals surface area (Å²) in [4.78, 5) is 48.1. The number of H-pyrrole nitrogens is 1. The fraction of sp³-hybridized carbons (Fsp3) is 0.323. The summed E-state index contributed by atoms with van der Waals surface area (Å²) in [5, 5.41) is 3.90. The Balaban J connectivity index is 1.37. The van der Waals surface area contributed by atoms with Crippen molar-refractivity contribution in [3.05, 3.63) is 95.1 Å². The molecular weight excluding hydrogens is 506 g/mol. The van der Waals surface area contributed by atoms with Crippen molar-refractivity contribution in [2.24, 2.45) is 0 Å². The molecule has 2 aromatic heterocycles. The number of urea groups is 1. The maximum atomic E-state index is 13.5. The molecule has 1 atom stereocenters. The Morgan fingerprint density at radius 2 is 1.82 bits per heavy atom. The van der Waals surface area contributed by atoms with Crippen molar-refractivity contribution >= 4 is 28.7 Å². The van der Waals surface area contributed by atoms with Crippen LogP contribution in [0.3, 0.4) is 0 Å². The minimum absolute atomic E-state index is 0.195. The number of aromatic amines is 1. The molecule has 1 saturated heterocycles. The minimum atomic E-state index is -1.04. The van der Waals surface area contributed by atoms with Gasteiger partial charge in [-0.2, -0.15) is 0 Å². The van der Waals surface area contributed by atoms with Gasteiger partial charge in [0.1, 0.15) is 17.0 Å². The first kappa shape index (κ1) is 27.2. The average Bonchev–Trinajstić information content (AvgIpc) is 3.65. The van der Waals surface area contributed by atoms with E-state index in [9.17, 15) is 14.4 Å². The van der Waals surface area contributed by atoms with E-state index in [0.717, 1.165) is 34.1 Å². The summed E-state index contributed by atoms with van der Waals surface area (Å²) in [5.41, 5.74) is 3.07. The second-order valence-electron chi connectivity index (χ2n) is 10.7. The van der Waals surface area contributed by atoms with Crippen LogP contribution in [0.15, 0.2) is 71.3 Å². The number of carbonyl (C=O) groups is 3. The lowest BCUT2D eigenvalue weighted by molar-refractivity contribution is -0.132. The smallest absolute Gasteiger partial charge is 0.327 e. The summed E-state index contributed by atoms with van der Waals surface area (Å²) in [7, 11) is 5.68. The lowest BCUT2D eigenvalue weighted by Crippen LogP contribution is -2.42. The van der Waals surface area contributed by atoms with E-state index in [-0.39, 0.29) is 24.4 Å². The van der Waals surface area contributed by atoms with E-state index in [1.807, 2.05) is 62.6 Å². The van der Waals surface area contributed by atoms with Gasteiger partial charge >= 0.3 is 6.03 Å². The van der Waals surface area contributed by atoms with Gasteiger partial charge in [0.2, 0.25) is 0 Å². The van der Waals surface area contributed by atoms with Gasteiger partial charge in [0, 0.05) is 31.0 Å². The van der Waals surface area contributed by atoms with Crippen LogP contribution in [0, 0.1) is 0 Å². The van der Waals surface area contributed by atoms with Crippen LogP contribution in [0.5, 0.6) is 0 Å². The Labute approximate surface area is 233 Å². The number of benzene rings is 2. The maximum absolute atomic E-state index is 13.5. The molecule has 9 heteroatoms. The van der Waals surface area contributed by atoms with Gasteiger partial charge < -0.3 is 24.5 Å².